The van der Waals surface area contributed by atoms with E-state index in [1.165, 1.54) is 14.0 Å². The second kappa shape index (κ2) is 10.9. The molecule has 9 heteroatoms. The zero-order valence-corrected chi connectivity index (χ0v) is 18.5. The van der Waals surface area contributed by atoms with Crippen molar-refractivity contribution in [2.45, 2.75) is 37.5 Å². The van der Waals surface area contributed by atoms with Crippen molar-refractivity contribution < 1.29 is 34.1 Å². The fourth-order valence-electron chi connectivity index (χ4n) is 3.89. The van der Waals surface area contributed by atoms with Gasteiger partial charge in [0.2, 0.25) is 5.91 Å². The third-order valence-electron chi connectivity index (χ3n) is 5.67. The molecule has 9 nitrogen and oxygen atoms in total. The summed E-state index contributed by atoms with van der Waals surface area (Å²) in [4.78, 5) is 35.4. The minimum atomic E-state index is -1.25. The molecule has 2 aromatic carbocycles. The standard InChI is InChI=1S/C24H28N2O7/c1-14(32-2)22(23(29)30)26-21(28)11-15(27)12-25-24(31)33-13-20-18-9-5-3-7-16(18)17-8-4-6-10-19(17)20/h3-10,14-15,20,22,27H,11-13H2,1-2H3,(H,25,31)(H,26,28)(H,29,30). The Bertz CT molecular complexity index is 964. The number of methoxy groups -OCH3 is 1. The molecule has 0 aromatic heterocycles. The number of carboxylic acid groups (broad SMARTS) is 1. The van der Waals surface area contributed by atoms with Gasteiger partial charge in [-0.15, -0.1) is 0 Å². The lowest BCUT2D eigenvalue weighted by atomic mass is 9.98. The second-order valence-corrected chi connectivity index (χ2v) is 7.89. The summed E-state index contributed by atoms with van der Waals surface area (Å²) in [7, 11) is 1.33. The number of amides is 2. The molecule has 0 radical (unpaired) electrons. The third kappa shape index (κ3) is 5.88. The van der Waals surface area contributed by atoms with Crippen molar-refractivity contribution in [3.05, 3.63) is 59.7 Å². The summed E-state index contributed by atoms with van der Waals surface area (Å²) in [6.45, 7) is 1.42. The van der Waals surface area contributed by atoms with Crippen LogP contribution in [0.25, 0.3) is 11.1 Å². The van der Waals surface area contributed by atoms with Gasteiger partial charge in [-0.2, -0.15) is 0 Å². The molecule has 3 atom stereocenters. The summed E-state index contributed by atoms with van der Waals surface area (Å²) in [5.74, 6) is -2.01. The van der Waals surface area contributed by atoms with Gasteiger partial charge in [0.05, 0.1) is 18.6 Å². The zero-order chi connectivity index (χ0) is 24.0. The number of hydrogen-bond donors (Lipinski definition) is 4. The van der Waals surface area contributed by atoms with E-state index in [4.69, 9.17) is 9.47 Å². The predicted molar refractivity (Wildman–Crippen MR) is 120 cm³/mol. The Kier molecular flexibility index (Phi) is 8.02. The van der Waals surface area contributed by atoms with Crippen molar-refractivity contribution in [1.82, 2.24) is 10.6 Å². The Morgan fingerprint density at radius 3 is 2.15 bits per heavy atom. The van der Waals surface area contributed by atoms with Crippen LogP contribution in [0.3, 0.4) is 0 Å². The first kappa shape index (κ1) is 24.2. The number of carbonyl (C=O) groups is 3. The Balaban J connectivity index is 1.47. The van der Waals surface area contributed by atoms with E-state index in [9.17, 15) is 24.6 Å². The molecule has 0 fully saturated rings. The quantitative estimate of drug-likeness (QED) is 0.429. The van der Waals surface area contributed by atoms with Crippen molar-refractivity contribution in [2.75, 3.05) is 20.3 Å². The van der Waals surface area contributed by atoms with E-state index in [0.29, 0.717) is 0 Å². The van der Waals surface area contributed by atoms with E-state index in [1.807, 2.05) is 48.5 Å². The predicted octanol–water partition coefficient (Wildman–Crippen LogP) is 1.88. The van der Waals surface area contributed by atoms with Crippen LogP contribution >= 0.6 is 0 Å². The van der Waals surface area contributed by atoms with Crippen LogP contribution in [0.2, 0.25) is 0 Å². The number of alkyl carbamates (subject to hydrolysis) is 1. The van der Waals surface area contributed by atoms with Gasteiger partial charge in [0, 0.05) is 19.6 Å². The topological polar surface area (TPSA) is 134 Å². The lowest BCUT2D eigenvalue weighted by molar-refractivity contribution is -0.145. The van der Waals surface area contributed by atoms with Gasteiger partial charge in [-0.1, -0.05) is 48.5 Å². The van der Waals surface area contributed by atoms with Crippen molar-refractivity contribution in [3.63, 3.8) is 0 Å². The highest BCUT2D eigenvalue weighted by atomic mass is 16.5. The molecule has 1 aliphatic rings. The number of aliphatic carboxylic acids is 1. The van der Waals surface area contributed by atoms with Gasteiger partial charge < -0.3 is 30.3 Å². The van der Waals surface area contributed by atoms with Crippen LogP contribution in [0, 0.1) is 0 Å². The van der Waals surface area contributed by atoms with Gasteiger partial charge in [-0.25, -0.2) is 9.59 Å². The molecule has 3 unspecified atom stereocenters. The number of ether oxygens (including phenoxy) is 2. The fourth-order valence-corrected chi connectivity index (χ4v) is 3.89. The minimum absolute atomic E-state index is 0.0884. The molecule has 2 aromatic rings. The number of benzene rings is 2. The molecular weight excluding hydrogens is 428 g/mol. The van der Waals surface area contributed by atoms with Gasteiger partial charge >= 0.3 is 12.1 Å². The highest BCUT2D eigenvalue weighted by Crippen LogP contribution is 2.44. The lowest BCUT2D eigenvalue weighted by Crippen LogP contribution is -2.49. The summed E-state index contributed by atoms with van der Waals surface area (Å²) in [5, 5.41) is 24.0. The lowest BCUT2D eigenvalue weighted by Gasteiger charge is -2.21. The largest absolute Gasteiger partial charge is 0.480 e. The van der Waals surface area contributed by atoms with Crippen molar-refractivity contribution in [1.29, 1.82) is 0 Å². The molecule has 0 aliphatic heterocycles. The van der Waals surface area contributed by atoms with Gasteiger partial charge in [0.1, 0.15) is 6.61 Å². The van der Waals surface area contributed by atoms with Crippen LogP contribution in [0.4, 0.5) is 4.79 Å². The molecule has 0 saturated carbocycles. The third-order valence-corrected chi connectivity index (χ3v) is 5.67. The van der Waals surface area contributed by atoms with Crippen LogP contribution in [0.1, 0.15) is 30.4 Å². The Morgan fingerprint density at radius 2 is 1.61 bits per heavy atom. The number of aliphatic hydroxyl groups is 1. The number of carbonyl (C=O) groups excluding carboxylic acids is 2. The molecular formula is C24H28N2O7. The van der Waals surface area contributed by atoms with Crippen LogP contribution in [-0.4, -0.2) is 66.7 Å². The van der Waals surface area contributed by atoms with Gasteiger partial charge in [-0.05, 0) is 29.2 Å². The number of aliphatic hydroxyl groups excluding tert-OH is 1. The Morgan fingerprint density at radius 1 is 1.03 bits per heavy atom. The zero-order valence-electron chi connectivity index (χ0n) is 18.5. The van der Waals surface area contributed by atoms with Crippen LogP contribution in [0.15, 0.2) is 48.5 Å². The van der Waals surface area contributed by atoms with E-state index >= 15 is 0 Å². The molecule has 0 heterocycles. The van der Waals surface area contributed by atoms with Crippen molar-refractivity contribution >= 4 is 18.0 Å². The Hall–Kier alpha value is -3.43. The maximum atomic E-state index is 12.2. The van der Waals surface area contributed by atoms with Crippen LogP contribution in [-0.2, 0) is 19.1 Å². The van der Waals surface area contributed by atoms with Crippen molar-refractivity contribution in [2.24, 2.45) is 0 Å². The van der Waals surface area contributed by atoms with E-state index < -0.39 is 36.2 Å². The molecule has 2 amide bonds. The second-order valence-electron chi connectivity index (χ2n) is 7.89. The first-order valence-corrected chi connectivity index (χ1v) is 10.6. The maximum absolute atomic E-state index is 12.2. The van der Waals surface area contributed by atoms with Gasteiger partial charge in [0.15, 0.2) is 6.04 Å². The fraction of sp³-hybridized carbons (Fsp3) is 0.375. The Labute approximate surface area is 191 Å². The monoisotopic (exact) mass is 456 g/mol. The smallest absolute Gasteiger partial charge is 0.407 e. The average molecular weight is 456 g/mol. The molecule has 176 valence electrons. The first-order valence-electron chi connectivity index (χ1n) is 10.6. The van der Waals surface area contributed by atoms with E-state index in [1.54, 1.807) is 0 Å². The number of carboxylic acids is 1. The summed E-state index contributed by atoms with van der Waals surface area (Å²) in [5.41, 5.74) is 4.40. The van der Waals surface area contributed by atoms with E-state index in [0.717, 1.165) is 22.3 Å². The van der Waals surface area contributed by atoms with Crippen molar-refractivity contribution in [3.8, 4) is 11.1 Å². The van der Waals surface area contributed by atoms with Gasteiger partial charge in [-0.3, -0.25) is 4.79 Å². The highest BCUT2D eigenvalue weighted by Gasteiger charge is 2.29. The average Bonchev–Trinajstić information content (AvgIpc) is 3.13. The number of rotatable bonds is 10. The summed E-state index contributed by atoms with van der Waals surface area (Å²) in [6, 6.07) is 14.7. The SMILES string of the molecule is COC(C)C(NC(=O)CC(O)CNC(=O)OCC1c2ccccc2-c2ccccc21)C(=O)O. The molecule has 1 aliphatic carbocycles. The summed E-state index contributed by atoms with van der Waals surface area (Å²) < 4.78 is 10.3. The minimum Gasteiger partial charge on any atom is -0.480 e. The number of nitrogens with one attached hydrogen (secondary N) is 2. The molecule has 0 saturated heterocycles. The normalized spacial score (nSPS) is 15.0. The summed E-state index contributed by atoms with van der Waals surface area (Å²) in [6.07, 6.45) is -3.06. The molecule has 33 heavy (non-hydrogen) atoms. The first-order chi connectivity index (χ1) is 15.8. The maximum Gasteiger partial charge on any atom is 0.407 e. The van der Waals surface area contributed by atoms with Crippen LogP contribution in [0.5, 0.6) is 0 Å². The number of hydrogen-bond acceptors (Lipinski definition) is 6. The molecule has 3 rings (SSSR count). The molecule has 0 bridgehead atoms. The van der Waals surface area contributed by atoms with E-state index in [-0.39, 0.29) is 25.5 Å². The van der Waals surface area contributed by atoms with Crippen LogP contribution < -0.4 is 10.6 Å². The summed E-state index contributed by atoms with van der Waals surface area (Å²) >= 11 is 0. The van der Waals surface area contributed by atoms with Gasteiger partial charge in [0.25, 0.3) is 0 Å². The number of fused-ring (bicyclic) bond motifs is 3. The highest BCUT2D eigenvalue weighted by molar-refractivity contribution is 5.84. The molecule has 4 N–H and O–H groups in total. The molecule has 0 spiro atoms. The van der Waals surface area contributed by atoms with E-state index in [2.05, 4.69) is 10.6 Å².